The van der Waals surface area contributed by atoms with Crippen molar-refractivity contribution in [2.75, 3.05) is 0 Å². The Bertz CT molecular complexity index is 390. The highest BCUT2D eigenvalue weighted by Gasteiger charge is 2.38. The number of nitrogens with zero attached hydrogens (tertiary/aromatic N) is 3. The van der Waals surface area contributed by atoms with Crippen molar-refractivity contribution >= 4 is 0 Å². The molecule has 1 heterocycles. The Morgan fingerprint density at radius 2 is 1.89 bits per heavy atom. The van der Waals surface area contributed by atoms with Crippen LogP contribution >= 0.6 is 0 Å². The molecule has 0 saturated heterocycles. The van der Waals surface area contributed by atoms with E-state index in [1.807, 2.05) is 13.2 Å². The zero-order chi connectivity index (χ0) is 13.4. The summed E-state index contributed by atoms with van der Waals surface area (Å²) >= 11 is 0. The highest BCUT2D eigenvalue weighted by Crippen LogP contribution is 2.45. The van der Waals surface area contributed by atoms with Gasteiger partial charge >= 0.3 is 0 Å². The van der Waals surface area contributed by atoms with Crippen molar-refractivity contribution in [3.05, 3.63) is 11.9 Å². The Balaban J connectivity index is 1.93. The van der Waals surface area contributed by atoms with Crippen molar-refractivity contribution in [1.82, 2.24) is 20.3 Å². The van der Waals surface area contributed by atoms with Crippen LogP contribution in [0, 0.1) is 10.8 Å². The molecule has 1 aliphatic carbocycles. The molecule has 0 unspecified atom stereocenters. The monoisotopic (exact) mass is 250 g/mol. The average molecular weight is 250 g/mol. The molecule has 0 atom stereocenters. The standard InChI is InChI=1S/C14H26N4/c1-13(2)6-11(7-14(3,4)10-13)15-8-12-9-18(5)17-16-12/h9,11,15H,6-8,10H2,1-5H3. The molecule has 1 aromatic rings. The van der Waals surface area contributed by atoms with Crippen LogP contribution in [0.2, 0.25) is 0 Å². The molecule has 2 rings (SSSR count). The van der Waals surface area contributed by atoms with E-state index < -0.39 is 0 Å². The first-order valence-electron chi connectivity index (χ1n) is 6.84. The minimum absolute atomic E-state index is 0.432. The minimum Gasteiger partial charge on any atom is -0.308 e. The SMILES string of the molecule is Cn1cc(CNC2CC(C)(C)CC(C)(C)C2)nn1. The molecule has 1 saturated carbocycles. The third-order valence-corrected chi connectivity index (χ3v) is 3.78. The van der Waals surface area contributed by atoms with Crippen LogP contribution in [-0.2, 0) is 13.6 Å². The lowest BCUT2D eigenvalue weighted by Gasteiger charge is -2.45. The lowest BCUT2D eigenvalue weighted by molar-refractivity contribution is 0.0843. The second kappa shape index (κ2) is 4.65. The van der Waals surface area contributed by atoms with Crippen LogP contribution in [0.15, 0.2) is 6.20 Å². The van der Waals surface area contributed by atoms with Gasteiger partial charge in [0.1, 0.15) is 0 Å². The molecule has 0 aliphatic heterocycles. The molecular weight excluding hydrogens is 224 g/mol. The zero-order valence-corrected chi connectivity index (χ0v) is 12.3. The number of aryl methyl sites for hydroxylation is 1. The van der Waals surface area contributed by atoms with Gasteiger partial charge in [0, 0.05) is 25.8 Å². The molecule has 1 fully saturated rings. The summed E-state index contributed by atoms with van der Waals surface area (Å²) < 4.78 is 1.76. The molecule has 1 aromatic heterocycles. The van der Waals surface area contributed by atoms with E-state index in [1.54, 1.807) is 4.68 Å². The maximum Gasteiger partial charge on any atom is 0.0964 e. The largest absolute Gasteiger partial charge is 0.308 e. The van der Waals surface area contributed by atoms with Crippen LogP contribution in [-0.4, -0.2) is 21.0 Å². The summed E-state index contributed by atoms with van der Waals surface area (Å²) in [5.74, 6) is 0. The van der Waals surface area contributed by atoms with Gasteiger partial charge in [-0.2, -0.15) is 0 Å². The molecule has 1 N–H and O–H groups in total. The first-order valence-corrected chi connectivity index (χ1v) is 6.84. The van der Waals surface area contributed by atoms with Gasteiger partial charge < -0.3 is 5.32 Å². The summed E-state index contributed by atoms with van der Waals surface area (Å²) in [4.78, 5) is 0. The summed E-state index contributed by atoms with van der Waals surface area (Å²) in [6.07, 6.45) is 5.78. The van der Waals surface area contributed by atoms with Crippen molar-refractivity contribution < 1.29 is 0 Å². The second-order valence-corrected chi connectivity index (χ2v) is 7.37. The number of hydrogen-bond acceptors (Lipinski definition) is 3. The van der Waals surface area contributed by atoms with Gasteiger partial charge in [0.05, 0.1) is 5.69 Å². The van der Waals surface area contributed by atoms with E-state index in [0.717, 1.165) is 12.2 Å². The topological polar surface area (TPSA) is 42.7 Å². The van der Waals surface area contributed by atoms with Crippen molar-refractivity contribution in [3.63, 3.8) is 0 Å². The van der Waals surface area contributed by atoms with Gasteiger partial charge in [-0.15, -0.1) is 5.10 Å². The predicted molar refractivity (Wildman–Crippen MR) is 73.0 cm³/mol. The third kappa shape index (κ3) is 3.55. The fourth-order valence-electron chi connectivity index (χ4n) is 3.72. The Hall–Kier alpha value is -0.900. The van der Waals surface area contributed by atoms with Gasteiger partial charge in [0.25, 0.3) is 0 Å². The Morgan fingerprint density at radius 3 is 2.39 bits per heavy atom. The lowest BCUT2D eigenvalue weighted by Crippen LogP contribution is -2.43. The van der Waals surface area contributed by atoms with Gasteiger partial charge in [0.2, 0.25) is 0 Å². The first kappa shape index (κ1) is 13.5. The van der Waals surface area contributed by atoms with Gasteiger partial charge in [-0.25, -0.2) is 0 Å². The van der Waals surface area contributed by atoms with Crippen LogP contribution < -0.4 is 5.32 Å². The van der Waals surface area contributed by atoms with E-state index in [0.29, 0.717) is 16.9 Å². The van der Waals surface area contributed by atoms with Gasteiger partial charge in [-0.1, -0.05) is 32.9 Å². The van der Waals surface area contributed by atoms with Crippen molar-refractivity contribution in [2.24, 2.45) is 17.9 Å². The third-order valence-electron chi connectivity index (χ3n) is 3.78. The summed E-state index contributed by atoms with van der Waals surface area (Å²) in [7, 11) is 1.91. The van der Waals surface area contributed by atoms with Gasteiger partial charge in [-0.05, 0) is 30.1 Å². The quantitative estimate of drug-likeness (QED) is 0.896. The molecule has 0 radical (unpaired) electrons. The Labute approximate surface area is 110 Å². The molecule has 4 heteroatoms. The van der Waals surface area contributed by atoms with Crippen LogP contribution in [0.3, 0.4) is 0 Å². The second-order valence-electron chi connectivity index (χ2n) is 7.37. The Kier molecular flexibility index (Phi) is 3.49. The zero-order valence-electron chi connectivity index (χ0n) is 12.3. The molecule has 0 aromatic carbocycles. The average Bonchev–Trinajstić information content (AvgIpc) is 2.56. The molecule has 0 amide bonds. The highest BCUT2D eigenvalue weighted by atomic mass is 15.4. The fourth-order valence-corrected chi connectivity index (χ4v) is 3.72. The number of hydrogen-bond donors (Lipinski definition) is 1. The molecule has 102 valence electrons. The maximum atomic E-state index is 4.12. The maximum absolute atomic E-state index is 4.12. The van der Waals surface area contributed by atoms with Crippen LogP contribution in [0.1, 0.15) is 52.7 Å². The van der Waals surface area contributed by atoms with E-state index in [2.05, 4.69) is 43.3 Å². The van der Waals surface area contributed by atoms with Crippen molar-refractivity contribution in [1.29, 1.82) is 0 Å². The van der Waals surface area contributed by atoms with Gasteiger partial charge in [0.15, 0.2) is 0 Å². The normalized spacial score (nSPS) is 23.2. The van der Waals surface area contributed by atoms with Crippen LogP contribution in [0.4, 0.5) is 0 Å². The number of nitrogens with one attached hydrogen (secondary N) is 1. The van der Waals surface area contributed by atoms with Crippen molar-refractivity contribution in [3.8, 4) is 0 Å². The molecular formula is C14H26N4. The highest BCUT2D eigenvalue weighted by molar-refractivity contribution is 4.95. The van der Waals surface area contributed by atoms with Gasteiger partial charge in [-0.3, -0.25) is 4.68 Å². The fraction of sp³-hybridized carbons (Fsp3) is 0.857. The Morgan fingerprint density at radius 1 is 1.28 bits per heavy atom. The van der Waals surface area contributed by atoms with Crippen LogP contribution in [0.25, 0.3) is 0 Å². The molecule has 18 heavy (non-hydrogen) atoms. The van der Waals surface area contributed by atoms with E-state index in [1.165, 1.54) is 19.3 Å². The molecule has 1 aliphatic rings. The molecule has 0 spiro atoms. The number of aromatic nitrogens is 3. The summed E-state index contributed by atoms with van der Waals surface area (Å²) in [5, 5.41) is 11.7. The van der Waals surface area contributed by atoms with E-state index in [-0.39, 0.29) is 0 Å². The van der Waals surface area contributed by atoms with E-state index in [9.17, 15) is 0 Å². The minimum atomic E-state index is 0.432. The van der Waals surface area contributed by atoms with E-state index in [4.69, 9.17) is 0 Å². The summed E-state index contributed by atoms with van der Waals surface area (Å²) in [6, 6.07) is 0.589. The predicted octanol–water partition coefficient (Wildman–Crippen LogP) is 2.51. The van der Waals surface area contributed by atoms with E-state index >= 15 is 0 Å². The summed E-state index contributed by atoms with van der Waals surface area (Å²) in [5.41, 5.74) is 1.89. The first-order chi connectivity index (χ1) is 8.26. The smallest absolute Gasteiger partial charge is 0.0964 e. The molecule has 0 bridgehead atoms. The lowest BCUT2D eigenvalue weighted by atomic mass is 9.63. The molecule has 4 nitrogen and oxygen atoms in total. The van der Waals surface area contributed by atoms with Crippen LogP contribution in [0.5, 0.6) is 0 Å². The summed E-state index contributed by atoms with van der Waals surface area (Å²) in [6.45, 7) is 10.3. The van der Waals surface area contributed by atoms with Crippen molar-refractivity contribution in [2.45, 2.75) is 59.5 Å². The number of rotatable bonds is 3.